The standard InChI is InChI=1S/C21H18N2O4/c1-13-5-6-16(12-18(13)23-21(26)19-4-3-11-27-19)20(25)22-17-9-7-15(8-10-17)14(2)24/h3-12H,1-2H3,(H,22,25)(H,23,26). The number of carbonyl (C=O) groups is 3. The lowest BCUT2D eigenvalue weighted by Gasteiger charge is -2.10. The first-order valence-electron chi connectivity index (χ1n) is 8.32. The Morgan fingerprint density at radius 1 is 0.852 bits per heavy atom. The molecule has 0 aliphatic carbocycles. The summed E-state index contributed by atoms with van der Waals surface area (Å²) in [6, 6.07) is 14.9. The minimum atomic E-state index is -0.388. The average molecular weight is 362 g/mol. The average Bonchev–Trinajstić information content (AvgIpc) is 3.18. The third-order valence-corrected chi connectivity index (χ3v) is 4.04. The van der Waals surface area contributed by atoms with Crippen molar-refractivity contribution in [1.29, 1.82) is 0 Å². The Morgan fingerprint density at radius 2 is 1.56 bits per heavy atom. The molecule has 0 saturated carbocycles. The van der Waals surface area contributed by atoms with Crippen LogP contribution < -0.4 is 10.6 Å². The number of anilines is 2. The number of hydrogen-bond donors (Lipinski definition) is 2. The molecule has 0 bridgehead atoms. The maximum atomic E-state index is 12.5. The van der Waals surface area contributed by atoms with Crippen LogP contribution >= 0.6 is 0 Å². The molecule has 0 radical (unpaired) electrons. The molecule has 6 heteroatoms. The molecule has 27 heavy (non-hydrogen) atoms. The second-order valence-corrected chi connectivity index (χ2v) is 6.05. The smallest absolute Gasteiger partial charge is 0.291 e. The fraction of sp³-hybridized carbons (Fsp3) is 0.0952. The van der Waals surface area contributed by atoms with Gasteiger partial charge in [0.15, 0.2) is 11.5 Å². The van der Waals surface area contributed by atoms with E-state index in [1.54, 1.807) is 54.6 Å². The first kappa shape index (κ1) is 18.1. The van der Waals surface area contributed by atoms with Crippen molar-refractivity contribution in [2.45, 2.75) is 13.8 Å². The molecule has 0 unspecified atom stereocenters. The molecule has 2 N–H and O–H groups in total. The number of furan rings is 1. The van der Waals surface area contributed by atoms with Gasteiger partial charge < -0.3 is 15.1 Å². The molecule has 0 spiro atoms. The van der Waals surface area contributed by atoms with Gasteiger partial charge in [0.25, 0.3) is 11.8 Å². The molecular formula is C21H18N2O4. The molecule has 2 amide bonds. The highest BCUT2D eigenvalue weighted by Crippen LogP contribution is 2.19. The molecule has 0 saturated heterocycles. The molecule has 1 aromatic heterocycles. The van der Waals surface area contributed by atoms with Crippen molar-refractivity contribution in [2.75, 3.05) is 10.6 Å². The van der Waals surface area contributed by atoms with Gasteiger partial charge in [0.05, 0.1) is 6.26 Å². The molecule has 3 aromatic rings. The summed E-state index contributed by atoms with van der Waals surface area (Å²) in [6.45, 7) is 3.32. The highest BCUT2D eigenvalue weighted by atomic mass is 16.3. The zero-order chi connectivity index (χ0) is 19.4. The van der Waals surface area contributed by atoms with Crippen LogP contribution in [0.4, 0.5) is 11.4 Å². The van der Waals surface area contributed by atoms with Crippen molar-refractivity contribution in [2.24, 2.45) is 0 Å². The van der Waals surface area contributed by atoms with E-state index in [2.05, 4.69) is 10.6 Å². The summed E-state index contributed by atoms with van der Waals surface area (Å²) in [5, 5.41) is 5.51. The van der Waals surface area contributed by atoms with Crippen LogP contribution in [-0.2, 0) is 0 Å². The van der Waals surface area contributed by atoms with E-state index in [9.17, 15) is 14.4 Å². The highest BCUT2D eigenvalue weighted by molar-refractivity contribution is 6.07. The molecule has 136 valence electrons. The van der Waals surface area contributed by atoms with Gasteiger partial charge in [0.2, 0.25) is 0 Å². The first-order chi connectivity index (χ1) is 12.9. The number of ketones is 1. The van der Waals surface area contributed by atoms with E-state index in [1.165, 1.54) is 13.2 Å². The fourth-order valence-electron chi connectivity index (χ4n) is 2.48. The Bertz CT molecular complexity index is 990. The van der Waals surface area contributed by atoms with E-state index in [0.717, 1.165) is 5.56 Å². The Balaban J connectivity index is 1.75. The number of amides is 2. The third-order valence-electron chi connectivity index (χ3n) is 4.04. The van der Waals surface area contributed by atoms with Crippen LogP contribution in [-0.4, -0.2) is 17.6 Å². The quantitative estimate of drug-likeness (QED) is 0.663. The fourth-order valence-corrected chi connectivity index (χ4v) is 2.48. The van der Waals surface area contributed by atoms with Gasteiger partial charge in [-0.3, -0.25) is 14.4 Å². The normalized spacial score (nSPS) is 10.3. The van der Waals surface area contributed by atoms with Gasteiger partial charge in [-0.05, 0) is 67.9 Å². The second kappa shape index (κ2) is 7.70. The van der Waals surface area contributed by atoms with Crippen molar-refractivity contribution in [3.63, 3.8) is 0 Å². The number of aryl methyl sites for hydroxylation is 1. The van der Waals surface area contributed by atoms with Crippen molar-refractivity contribution in [3.05, 3.63) is 83.3 Å². The zero-order valence-electron chi connectivity index (χ0n) is 14.9. The summed E-state index contributed by atoms with van der Waals surface area (Å²) in [4.78, 5) is 36.0. The molecule has 3 rings (SSSR count). The van der Waals surface area contributed by atoms with Crippen LogP contribution in [0, 0.1) is 6.92 Å². The third kappa shape index (κ3) is 4.30. The van der Waals surface area contributed by atoms with E-state index < -0.39 is 0 Å². The number of Topliss-reactive ketones (excluding diaryl/α,β-unsaturated/α-hetero) is 1. The first-order valence-corrected chi connectivity index (χ1v) is 8.32. The molecule has 2 aromatic carbocycles. The van der Waals surface area contributed by atoms with Crippen LogP contribution in [0.25, 0.3) is 0 Å². The Kier molecular flexibility index (Phi) is 5.17. The number of rotatable bonds is 5. The zero-order valence-corrected chi connectivity index (χ0v) is 14.9. The molecule has 0 aliphatic heterocycles. The van der Waals surface area contributed by atoms with E-state index in [4.69, 9.17) is 4.42 Å². The summed E-state index contributed by atoms with van der Waals surface area (Å²) >= 11 is 0. The van der Waals surface area contributed by atoms with Crippen LogP contribution in [0.2, 0.25) is 0 Å². The number of carbonyl (C=O) groups excluding carboxylic acids is 3. The Morgan fingerprint density at radius 3 is 2.19 bits per heavy atom. The van der Waals surface area contributed by atoms with E-state index >= 15 is 0 Å². The summed E-state index contributed by atoms with van der Waals surface area (Å²) in [5.74, 6) is -0.558. The van der Waals surface area contributed by atoms with Gasteiger partial charge in [0.1, 0.15) is 0 Å². The van der Waals surface area contributed by atoms with Crippen molar-refractivity contribution in [3.8, 4) is 0 Å². The molecule has 6 nitrogen and oxygen atoms in total. The van der Waals surface area contributed by atoms with Crippen molar-refractivity contribution in [1.82, 2.24) is 0 Å². The highest BCUT2D eigenvalue weighted by Gasteiger charge is 2.13. The molecule has 0 aliphatic rings. The Labute approximate surface area is 156 Å². The predicted octanol–water partition coefficient (Wildman–Crippen LogP) is 4.30. The molecule has 0 fully saturated rings. The summed E-state index contributed by atoms with van der Waals surface area (Å²) in [7, 11) is 0. The molecular weight excluding hydrogens is 344 g/mol. The van der Waals surface area contributed by atoms with Crippen LogP contribution in [0.1, 0.15) is 43.8 Å². The van der Waals surface area contributed by atoms with E-state index in [-0.39, 0.29) is 23.4 Å². The van der Waals surface area contributed by atoms with Gasteiger partial charge in [-0.25, -0.2) is 0 Å². The van der Waals surface area contributed by atoms with E-state index in [1.807, 2.05) is 6.92 Å². The largest absolute Gasteiger partial charge is 0.459 e. The maximum absolute atomic E-state index is 12.5. The van der Waals surface area contributed by atoms with Gasteiger partial charge in [-0.15, -0.1) is 0 Å². The van der Waals surface area contributed by atoms with E-state index in [0.29, 0.717) is 22.5 Å². The van der Waals surface area contributed by atoms with Gasteiger partial charge in [-0.1, -0.05) is 6.07 Å². The van der Waals surface area contributed by atoms with Crippen molar-refractivity contribution < 1.29 is 18.8 Å². The summed E-state index contributed by atoms with van der Waals surface area (Å²) in [6.07, 6.45) is 1.42. The number of nitrogens with one attached hydrogen (secondary N) is 2. The SMILES string of the molecule is CC(=O)c1ccc(NC(=O)c2ccc(C)c(NC(=O)c3ccco3)c2)cc1. The minimum absolute atomic E-state index is 0.0386. The topological polar surface area (TPSA) is 88.4 Å². The Hall–Kier alpha value is -3.67. The number of benzene rings is 2. The second-order valence-electron chi connectivity index (χ2n) is 6.05. The minimum Gasteiger partial charge on any atom is -0.459 e. The summed E-state index contributed by atoms with van der Waals surface area (Å²) in [5.41, 5.74) is 2.89. The lowest BCUT2D eigenvalue weighted by atomic mass is 10.1. The monoisotopic (exact) mass is 362 g/mol. The van der Waals surface area contributed by atoms with Gasteiger partial charge in [0, 0.05) is 22.5 Å². The lowest BCUT2D eigenvalue weighted by Crippen LogP contribution is -2.15. The van der Waals surface area contributed by atoms with Gasteiger partial charge >= 0.3 is 0 Å². The predicted molar refractivity (Wildman–Crippen MR) is 102 cm³/mol. The van der Waals surface area contributed by atoms with Crippen LogP contribution in [0.15, 0.2) is 65.3 Å². The maximum Gasteiger partial charge on any atom is 0.291 e. The van der Waals surface area contributed by atoms with Gasteiger partial charge in [-0.2, -0.15) is 0 Å². The molecule has 1 heterocycles. The molecule has 0 atom stereocenters. The number of hydrogen-bond acceptors (Lipinski definition) is 4. The summed E-state index contributed by atoms with van der Waals surface area (Å²) < 4.78 is 5.08. The van der Waals surface area contributed by atoms with Crippen LogP contribution in [0.3, 0.4) is 0 Å². The van der Waals surface area contributed by atoms with Crippen LogP contribution in [0.5, 0.6) is 0 Å². The lowest BCUT2D eigenvalue weighted by molar-refractivity contribution is 0.0992. The van der Waals surface area contributed by atoms with Crippen molar-refractivity contribution >= 4 is 29.0 Å².